The predicted octanol–water partition coefficient (Wildman–Crippen LogP) is 1.82. The molecule has 1 fully saturated rings. The van der Waals surface area contributed by atoms with Crippen LogP contribution in [0.1, 0.15) is 23.1 Å². The molecule has 1 aromatic rings. The summed E-state index contributed by atoms with van der Waals surface area (Å²) in [5.41, 5.74) is 3.52. The lowest BCUT2D eigenvalue weighted by Gasteiger charge is -2.19. The van der Waals surface area contributed by atoms with Crippen molar-refractivity contribution in [2.75, 3.05) is 13.7 Å². The van der Waals surface area contributed by atoms with E-state index in [0.29, 0.717) is 13.1 Å². The Morgan fingerprint density at radius 2 is 2.00 bits per heavy atom. The molecule has 0 spiro atoms. The quantitative estimate of drug-likeness (QED) is 0.780. The van der Waals surface area contributed by atoms with Crippen molar-refractivity contribution in [3.63, 3.8) is 0 Å². The molecule has 1 atom stereocenters. The van der Waals surface area contributed by atoms with E-state index < -0.39 is 0 Å². The van der Waals surface area contributed by atoms with Gasteiger partial charge >= 0.3 is 5.97 Å². The van der Waals surface area contributed by atoms with E-state index in [1.807, 2.05) is 32.0 Å². The maximum Gasteiger partial charge on any atom is 0.310 e. The fourth-order valence-corrected chi connectivity index (χ4v) is 2.54. The van der Waals surface area contributed by atoms with Crippen LogP contribution in [0.25, 0.3) is 0 Å². The van der Waals surface area contributed by atoms with E-state index in [0.717, 1.165) is 0 Å². The predicted molar refractivity (Wildman–Crippen MR) is 71.5 cm³/mol. The number of ether oxygens (including phenoxy) is 1. The third-order valence-electron chi connectivity index (χ3n) is 3.74. The fourth-order valence-electron chi connectivity index (χ4n) is 2.54. The minimum Gasteiger partial charge on any atom is -0.469 e. The van der Waals surface area contributed by atoms with Crippen LogP contribution in [-0.4, -0.2) is 30.4 Å². The number of hydrogen-bond acceptors (Lipinski definition) is 3. The van der Waals surface area contributed by atoms with Gasteiger partial charge in [-0.15, -0.1) is 0 Å². The lowest BCUT2D eigenvalue weighted by molar-refractivity contribution is -0.145. The van der Waals surface area contributed by atoms with Gasteiger partial charge < -0.3 is 9.64 Å². The molecule has 4 heteroatoms. The molecule has 2 rings (SSSR count). The Labute approximate surface area is 113 Å². The number of benzene rings is 1. The average molecular weight is 261 g/mol. The largest absolute Gasteiger partial charge is 0.469 e. The standard InChI is InChI=1S/C15H19NO3/c1-10-5-4-6-11(2)13(10)9-16-8-12(7-14(16)17)15(18)19-3/h4-6,12H,7-9H2,1-3H3. The number of carbonyl (C=O) groups is 2. The molecule has 0 saturated carbocycles. The van der Waals surface area contributed by atoms with E-state index in [1.165, 1.54) is 23.8 Å². The highest BCUT2D eigenvalue weighted by Crippen LogP contribution is 2.23. The molecule has 0 N–H and O–H groups in total. The summed E-state index contributed by atoms with van der Waals surface area (Å²) in [6, 6.07) is 6.10. The van der Waals surface area contributed by atoms with Crippen molar-refractivity contribution >= 4 is 11.9 Å². The molecular weight excluding hydrogens is 242 g/mol. The Morgan fingerprint density at radius 3 is 2.58 bits per heavy atom. The van der Waals surface area contributed by atoms with E-state index in [1.54, 1.807) is 4.90 Å². The van der Waals surface area contributed by atoms with Gasteiger partial charge in [0.05, 0.1) is 13.0 Å². The van der Waals surface area contributed by atoms with Crippen LogP contribution in [0.4, 0.5) is 0 Å². The normalized spacial score (nSPS) is 18.8. The monoisotopic (exact) mass is 261 g/mol. The number of carbonyl (C=O) groups excluding carboxylic acids is 2. The fraction of sp³-hybridized carbons (Fsp3) is 0.467. The highest BCUT2D eigenvalue weighted by molar-refractivity contribution is 5.86. The van der Waals surface area contributed by atoms with E-state index in [-0.39, 0.29) is 24.2 Å². The highest BCUT2D eigenvalue weighted by Gasteiger charge is 2.35. The number of aryl methyl sites for hydroxylation is 2. The molecule has 1 aliphatic rings. The Morgan fingerprint density at radius 1 is 1.37 bits per heavy atom. The van der Waals surface area contributed by atoms with Crippen molar-refractivity contribution in [3.8, 4) is 0 Å². The Balaban J connectivity index is 2.12. The first kappa shape index (κ1) is 13.6. The van der Waals surface area contributed by atoms with Gasteiger partial charge in [0.2, 0.25) is 5.91 Å². The third-order valence-corrected chi connectivity index (χ3v) is 3.74. The summed E-state index contributed by atoms with van der Waals surface area (Å²) >= 11 is 0. The number of rotatable bonds is 3. The van der Waals surface area contributed by atoms with Gasteiger partial charge in [0.25, 0.3) is 0 Å². The van der Waals surface area contributed by atoms with Crippen molar-refractivity contribution in [2.24, 2.45) is 5.92 Å². The summed E-state index contributed by atoms with van der Waals surface area (Å²) in [5.74, 6) is -0.586. The Kier molecular flexibility index (Phi) is 3.88. The van der Waals surface area contributed by atoms with Crippen molar-refractivity contribution in [1.29, 1.82) is 0 Å². The molecule has 4 nitrogen and oxygen atoms in total. The van der Waals surface area contributed by atoms with Crippen LogP contribution in [0.5, 0.6) is 0 Å². The van der Waals surface area contributed by atoms with Crippen LogP contribution in [0.2, 0.25) is 0 Å². The second-order valence-corrected chi connectivity index (χ2v) is 5.07. The first-order chi connectivity index (χ1) is 9.02. The van der Waals surface area contributed by atoms with Crippen LogP contribution >= 0.6 is 0 Å². The molecule has 1 saturated heterocycles. The van der Waals surface area contributed by atoms with Gasteiger partial charge in [0.1, 0.15) is 0 Å². The van der Waals surface area contributed by atoms with E-state index >= 15 is 0 Å². The molecule has 0 aliphatic carbocycles. The van der Waals surface area contributed by atoms with Crippen LogP contribution in [0.15, 0.2) is 18.2 Å². The maximum absolute atomic E-state index is 12.0. The molecule has 1 aliphatic heterocycles. The first-order valence-electron chi connectivity index (χ1n) is 6.43. The zero-order chi connectivity index (χ0) is 14.0. The van der Waals surface area contributed by atoms with Gasteiger partial charge in [0.15, 0.2) is 0 Å². The summed E-state index contributed by atoms with van der Waals surface area (Å²) in [5, 5.41) is 0. The Hall–Kier alpha value is -1.84. The summed E-state index contributed by atoms with van der Waals surface area (Å²) in [7, 11) is 1.36. The van der Waals surface area contributed by atoms with Gasteiger partial charge in [-0.25, -0.2) is 0 Å². The zero-order valence-corrected chi connectivity index (χ0v) is 11.6. The number of nitrogens with zero attached hydrogens (tertiary/aromatic N) is 1. The molecule has 19 heavy (non-hydrogen) atoms. The first-order valence-corrected chi connectivity index (χ1v) is 6.43. The lowest BCUT2D eigenvalue weighted by atomic mass is 10.0. The van der Waals surface area contributed by atoms with Crippen LogP contribution in [-0.2, 0) is 20.9 Å². The van der Waals surface area contributed by atoms with Crippen molar-refractivity contribution in [3.05, 3.63) is 34.9 Å². The maximum atomic E-state index is 12.0. The number of esters is 1. The third kappa shape index (κ3) is 2.78. The van der Waals surface area contributed by atoms with Crippen molar-refractivity contribution in [2.45, 2.75) is 26.8 Å². The van der Waals surface area contributed by atoms with Gasteiger partial charge in [-0.05, 0) is 30.5 Å². The summed E-state index contributed by atoms with van der Waals surface area (Å²) in [4.78, 5) is 25.2. The smallest absolute Gasteiger partial charge is 0.310 e. The molecule has 1 amide bonds. The molecular formula is C15H19NO3. The minimum absolute atomic E-state index is 0.0260. The summed E-state index contributed by atoms with van der Waals surface area (Å²) in [6.07, 6.45) is 0.262. The topological polar surface area (TPSA) is 46.6 Å². The minimum atomic E-state index is -0.318. The van der Waals surface area contributed by atoms with Crippen LogP contribution in [0.3, 0.4) is 0 Å². The second kappa shape index (κ2) is 5.43. The zero-order valence-electron chi connectivity index (χ0n) is 11.6. The molecule has 0 bridgehead atoms. The SMILES string of the molecule is COC(=O)C1CC(=O)N(Cc2c(C)cccc2C)C1. The molecule has 0 radical (unpaired) electrons. The van der Waals surface area contributed by atoms with Crippen LogP contribution in [0, 0.1) is 19.8 Å². The van der Waals surface area contributed by atoms with Crippen molar-refractivity contribution < 1.29 is 14.3 Å². The number of hydrogen-bond donors (Lipinski definition) is 0. The van der Waals surface area contributed by atoms with Crippen LogP contribution < -0.4 is 0 Å². The number of methoxy groups -OCH3 is 1. The van der Waals surface area contributed by atoms with Gasteiger partial charge in [-0.1, -0.05) is 18.2 Å². The van der Waals surface area contributed by atoms with Crippen molar-refractivity contribution in [1.82, 2.24) is 4.90 Å². The molecule has 1 aromatic carbocycles. The molecule has 102 valence electrons. The average Bonchev–Trinajstić information content (AvgIpc) is 2.74. The van der Waals surface area contributed by atoms with Gasteiger partial charge in [-0.2, -0.15) is 0 Å². The number of likely N-dealkylation sites (tertiary alicyclic amines) is 1. The molecule has 0 aromatic heterocycles. The van der Waals surface area contributed by atoms with E-state index in [9.17, 15) is 9.59 Å². The lowest BCUT2D eigenvalue weighted by Crippen LogP contribution is -2.26. The van der Waals surface area contributed by atoms with Gasteiger partial charge in [-0.3, -0.25) is 9.59 Å². The summed E-state index contributed by atoms with van der Waals surface area (Å²) in [6.45, 7) is 5.12. The van der Waals surface area contributed by atoms with Gasteiger partial charge in [0, 0.05) is 19.5 Å². The molecule has 1 unspecified atom stereocenters. The Bertz CT molecular complexity index is 490. The molecule has 1 heterocycles. The van der Waals surface area contributed by atoms with E-state index in [2.05, 4.69) is 0 Å². The highest BCUT2D eigenvalue weighted by atomic mass is 16.5. The second-order valence-electron chi connectivity index (χ2n) is 5.07. The van der Waals surface area contributed by atoms with E-state index in [4.69, 9.17) is 4.74 Å². The summed E-state index contributed by atoms with van der Waals surface area (Å²) < 4.78 is 4.71. The number of amides is 1.